The minimum Gasteiger partial charge on any atom is -0.362 e. The van der Waals surface area contributed by atoms with Crippen molar-refractivity contribution in [3.8, 4) is 0 Å². The zero-order chi connectivity index (χ0) is 14.2. The van der Waals surface area contributed by atoms with Gasteiger partial charge in [0, 0.05) is 5.56 Å². The van der Waals surface area contributed by atoms with Crippen molar-refractivity contribution < 1.29 is 4.52 Å². The highest BCUT2D eigenvalue weighted by molar-refractivity contribution is 6.42. The van der Waals surface area contributed by atoms with Gasteiger partial charge in [-0.1, -0.05) is 40.0 Å². The first-order chi connectivity index (χ1) is 8.90. The minimum absolute atomic E-state index is 0.0616. The van der Waals surface area contributed by atoms with Crippen molar-refractivity contribution in [2.45, 2.75) is 26.8 Å². The van der Waals surface area contributed by atoms with Gasteiger partial charge >= 0.3 is 0 Å². The molecule has 4 nitrogen and oxygen atoms in total. The van der Waals surface area contributed by atoms with Crippen LogP contribution < -0.4 is 5.32 Å². The molecule has 1 N–H and O–H groups in total. The number of nitrogens with one attached hydrogen (secondary N) is 1. The highest BCUT2D eigenvalue weighted by Gasteiger charge is 2.18. The lowest BCUT2D eigenvalue weighted by atomic mass is 10.1. The molecule has 1 unspecified atom stereocenters. The predicted molar refractivity (Wildman–Crippen MR) is 77.3 cm³/mol. The lowest BCUT2D eigenvalue weighted by molar-refractivity contribution is 0.392. The average Bonchev–Trinajstić information content (AvgIpc) is 2.66. The zero-order valence-corrected chi connectivity index (χ0v) is 12.9. The van der Waals surface area contributed by atoms with E-state index in [-0.39, 0.29) is 11.2 Å². The quantitative estimate of drug-likeness (QED) is 0.824. The SMILES string of the molecule is Cc1noc(C)c1C(C)Nc1nc(Cl)c(Cl)cc1Cl. The largest absolute Gasteiger partial charge is 0.362 e. The molecule has 0 amide bonds. The molecule has 19 heavy (non-hydrogen) atoms. The Hall–Kier alpha value is -0.970. The second-order valence-electron chi connectivity index (χ2n) is 4.20. The second kappa shape index (κ2) is 5.57. The highest BCUT2D eigenvalue weighted by atomic mass is 35.5. The van der Waals surface area contributed by atoms with Gasteiger partial charge in [-0.3, -0.25) is 0 Å². The smallest absolute Gasteiger partial charge is 0.150 e. The van der Waals surface area contributed by atoms with Crippen molar-refractivity contribution in [2.24, 2.45) is 0 Å². The Morgan fingerprint density at radius 3 is 2.47 bits per heavy atom. The van der Waals surface area contributed by atoms with Gasteiger partial charge in [0.05, 0.1) is 21.8 Å². The monoisotopic (exact) mass is 319 g/mol. The topological polar surface area (TPSA) is 51.0 Å². The summed E-state index contributed by atoms with van der Waals surface area (Å²) in [6.07, 6.45) is 0. The van der Waals surface area contributed by atoms with E-state index in [0.29, 0.717) is 15.9 Å². The van der Waals surface area contributed by atoms with Crippen molar-refractivity contribution in [1.82, 2.24) is 10.1 Å². The first-order valence-electron chi connectivity index (χ1n) is 5.61. The molecule has 1 atom stereocenters. The van der Waals surface area contributed by atoms with Gasteiger partial charge < -0.3 is 9.84 Å². The van der Waals surface area contributed by atoms with Crippen LogP contribution in [0.1, 0.15) is 30.0 Å². The summed E-state index contributed by atoms with van der Waals surface area (Å²) in [5.41, 5.74) is 1.80. The first kappa shape index (κ1) is 14.4. The molecule has 0 fully saturated rings. The Labute approximate surface area is 126 Å². The van der Waals surface area contributed by atoms with Gasteiger partial charge in [-0.15, -0.1) is 0 Å². The molecule has 0 aliphatic rings. The molecular weight excluding hydrogens is 309 g/mol. The fourth-order valence-electron chi connectivity index (χ4n) is 1.93. The number of hydrogen-bond donors (Lipinski definition) is 1. The average molecular weight is 321 g/mol. The van der Waals surface area contributed by atoms with Crippen LogP contribution in [0.5, 0.6) is 0 Å². The van der Waals surface area contributed by atoms with Gasteiger partial charge in [0.1, 0.15) is 16.7 Å². The van der Waals surface area contributed by atoms with Crippen LogP contribution in [0.4, 0.5) is 5.82 Å². The van der Waals surface area contributed by atoms with Crippen LogP contribution in [-0.2, 0) is 0 Å². The maximum Gasteiger partial charge on any atom is 0.150 e. The maximum atomic E-state index is 6.08. The summed E-state index contributed by atoms with van der Waals surface area (Å²) in [5, 5.41) is 8.03. The minimum atomic E-state index is -0.0616. The highest BCUT2D eigenvalue weighted by Crippen LogP contribution is 2.32. The van der Waals surface area contributed by atoms with Crippen LogP contribution in [-0.4, -0.2) is 10.1 Å². The molecule has 0 aromatic carbocycles. The fraction of sp³-hybridized carbons (Fsp3) is 0.333. The lowest BCUT2D eigenvalue weighted by Crippen LogP contribution is -2.10. The number of aryl methyl sites for hydroxylation is 2. The molecule has 2 aromatic rings. The predicted octanol–water partition coefficient (Wildman–Crippen LogP) is 4.82. The number of halogens is 3. The van der Waals surface area contributed by atoms with Crippen LogP contribution in [0.3, 0.4) is 0 Å². The number of aromatic nitrogens is 2. The molecule has 0 bridgehead atoms. The third-order valence-corrected chi connectivity index (χ3v) is 3.72. The van der Waals surface area contributed by atoms with Gasteiger partial charge in [0.2, 0.25) is 0 Å². The molecule has 2 rings (SSSR count). The van der Waals surface area contributed by atoms with E-state index in [2.05, 4.69) is 15.5 Å². The third-order valence-electron chi connectivity index (χ3n) is 2.76. The van der Waals surface area contributed by atoms with E-state index in [9.17, 15) is 0 Å². The Morgan fingerprint density at radius 2 is 1.89 bits per heavy atom. The molecule has 2 aromatic heterocycles. The molecule has 7 heteroatoms. The normalized spacial score (nSPS) is 12.5. The zero-order valence-electron chi connectivity index (χ0n) is 10.6. The Bertz CT molecular complexity index is 593. The summed E-state index contributed by atoms with van der Waals surface area (Å²) in [7, 11) is 0. The van der Waals surface area contributed by atoms with Gasteiger partial charge in [-0.2, -0.15) is 0 Å². The summed E-state index contributed by atoms with van der Waals surface area (Å²) in [6, 6.07) is 1.49. The van der Waals surface area contributed by atoms with E-state index in [1.165, 1.54) is 0 Å². The summed E-state index contributed by atoms with van der Waals surface area (Å²) < 4.78 is 5.14. The molecule has 0 saturated heterocycles. The van der Waals surface area contributed by atoms with E-state index in [0.717, 1.165) is 17.0 Å². The Balaban J connectivity index is 2.29. The third kappa shape index (κ3) is 2.96. The summed E-state index contributed by atoms with van der Waals surface area (Å²) >= 11 is 17.8. The number of anilines is 1. The molecular formula is C12H12Cl3N3O. The molecule has 0 saturated carbocycles. The van der Waals surface area contributed by atoms with Crippen LogP contribution in [0.25, 0.3) is 0 Å². The second-order valence-corrected chi connectivity index (χ2v) is 5.37. The van der Waals surface area contributed by atoms with Gasteiger partial charge in [-0.05, 0) is 26.8 Å². The number of pyridine rings is 1. The van der Waals surface area contributed by atoms with E-state index in [1.807, 2.05) is 20.8 Å². The van der Waals surface area contributed by atoms with Crippen molar-refractivity contribution in [2.75, 3.05) is 5.32 Å². The summed E-state index contributed by atoms with van der Waals surface area (Å²) in [5.74, 6) is 1.23. The molecule has 0 aliphatic carbocycles. The van der Waals surface area contributed by atoms with Crippen molar-refractivity contribution in [1.29, 1.82) is 0 Å². The van der Waals surface area contributed by atoms with Gasteiger partial charge in [-0.25, -0.2) is 4.98 Å². The maximum absolute atomic E-state index is 6.08. The lowest BCUT2D eigenvalue weighted by Gasteiger charge is -2.15. The van der Waals surface area contributed by atoms with E-state index in [4.69, 9.17) is 39.3 Å². The summed E-state index contributed by atoms with van der Waals surface area (Å²) in [6.45, 7) is 5.71. The molecule has 2 heterocycles. The Morgan fingerprint density at radius 1 is 1.21 bits per heavy atom. The Kier molecular flexibility index (Phi) is 4.23. The van der Waals surface area contributed by atoms with Crippen molar-refractivity contribution in [3.63, 3.8) is 0 Å². The fourth-order valence-corrected chi connectivity index (χ4v) is 2.48. The number of hydrogen-bond acceptors (Lipinski definition) is 4. The van der Waals surface area contributed by atoms with Crippen LogP contribution in [0.2, 0.25) is 15.2 Å². The molecule has 0 radical (unpaired) electrons. The van der Waals surface area contributed by atoms with E-state index < -0.39 is 0 Å². The standard InChI is InChI=1S/C12H12Cl3N3O/c1-5(10-6(2)18-19-7(10)3)16-12-9(14)4-8(13)11(15)17-12/h4-5H,1-3H3,(H,16,17). The van der Waals surface area contributed by atoms with Crippen LogP contribution >= 0.6 is 34.8 Å². The summed E-state index contributed by atoms with van der Waals surface area (Å²) in [4.78, 5) is 4.12. The van der Waals surface area contributed by atoms with Crippen molar-refractivity contribution >= 4 is 40.6 Å². The van der Waals surface area contributed by atoms with Gasteiger partial charge in [0.25, 0.3) is 0 Å². The first-order valence-corrected chi connectivity index (χ1v) is 6.74. The molecule has 102 valence electrons. The van der Waals surface area contributed by atoms with Gasteiger partial charge in [0.15, 0.2) is 0 Å². The molecule has 0 spiro atoms. The van der Waals surface area contributed by atoms with Crippen LogP contribution in [0.15, 0.2) is 10.6 Å². The van der Waals surface area contributed by atoms with Crippen LogP contribution in [0, 0.1) is 13.8 Å². The van der Waals surface area contributed by atoms with E-state index >= 15 is 0 Å². The number of nitrogens with zero attached hydrogens (tertiary/aromatic N) is 2. The number of rotatable bonds is 3. The molecule has 0 aliphatic heterocycles. The van der Waals surface area contributed by atoms with Crippen molar-refractivity contribution in [3.05, 3.63) is 38.3 Å². The van der Waals surface area contributed by atoms with E-state index in [1.54, 1.807) is 6.07 Å².